The van der Waals surface area contributed by atoms with Crippen LogP contribution >= 0.6 is 0 Å². The predicted octanol–water partition coefficient (Wildman–Crippen LogP) is 2.49. The van der Waals surface area contributed by atoms with Crippen molar-refractivity contribution in [2.75, 3.05) is 0 Å². The van der Waals surface area contributed by atoms with E-state index in [1.165, 1.54) is 16.7 Å². The highest BCUT2D eigenvalue weighted by Crippen LogP contribution is 2.34. The van der Waals surface area contributed by atoms with Crippen molar-refractivity contribution in [3.05, 3.63) is 22.3 Å². The van der Waals surface area contributed by atoms with E-state index in [1.54, 1.807) is 0 Å². The van der Waals surface area contributed by atoms with Crippen LogP contribution in [-0.4, -0.2) is 6.29 Å². The van der Waals surface area contributed by atoms with Gasteiger partial charge in [0, 0.05) is 5.57 Å². The van der Waals surface area contributed by atoms with Crippen molar-refractivity contribution in [1.29, 1.82) is 0 Å². The summed E-state index contributed by atoms with van der Waals surface area (Å²) in [4.78, 5) is 10.6. The summed E-state index contributed by atoms with van der Waals surface area (Å²) in [5.74, 6) is 0.468. The molecule has 0 aromatic carbocycles. The minimum Gasteiger partial charge on any atom is -0.298 e. The van der Waals surface area contributed by atoms with Crippen LogP contribution in [-0.2, 0) is 4.79 Å². The average Bonchev–Trinajstić information content (AvgIpc) is 2.17. The van der Waals surface area contributed by atoms with Crippen molar-refractivity contribution in [2.45, 2.75) is 27.7 Å². The van der Waals surface area contributed by atoms with Crippen molar-refractivity contribution in [3.63, 3.8) is 0 Å². The molecule has 0 aliphatic heterocycles. The van der Waals surface area contributed by atoms with Crippen LogP contribution in [0.4, 0.5) is 0 Å². The van der Waals surface area contributed by atoms with Gasteiger partial charge in [-0.05, 0) is 32.3 Å². The first-order chi connectivity index (χ1) is 5.09. The van der Waals surface area contributed by atoms with Crippen LogP contribution in [0.1, 0.15) is 27.7 Å². The van der Waals surface area contributed by atoms with Gasteiger partial charge in [-0.1, -0.05) is 18.1 Å². The molecule has 1 aliphatic rings. The Labute approximate surface area is 67.8 Å². The van der Waals surface area contributed by atoms with E-state index in [1.807, 2.05) is 13.8 Å². The SMILES string of the molecule is CC1=C(C)C(C)C(C)=C1C=O. The molecule has 0 heterocycles. The van der Waals surface area contributed by atoms with Crippen LogP contribution in [0.3, 0.4) is 0 Å². The van der Waals surface area contributed by atoms with E-state index in [4.69, 9.17) is 0 Å². The summed E-state index contributed by atoms with van der Waals surface area (Å²) in [6.45, 7) is 8.30. The Bertz CT molecular complexity index is 256. The fraction of sp³-hybridized carbons (Fsp3) is 0.500. The second-order valence-corrected chi connectivity index (χ2v) is 3.24. The quantitative estimate of drug-likeness (QED) is 0.525. The molecule has 0 fully saturated rings. The lowest BCUT2D eigenvalue weighted by Crippen LogP contribution is -1.92. The average molecular weight is 150 g/mol. The van der Waals surface area contributed by atoms with E-state index in [0.29, 0.717) is 5.92 Å². The molecule has 0 saturated heterocycles. The topological polar surface area (TPSA) is 17.1 Å². The van der Waals surface area contributed by atoms with Crippen LogP contribution in [0.5, 0.6) is 0 Å². The highest BCUT2D eigenvalue weighted by molar-refractivity contribution is 5.83. The molecule has 0 saturated carbocycles. The van der Waals surface area contributed by atoms with Gasteiger partial charge in [-0.15, -0.1) is 0 Å². The standard InChI is InChI=1S/C10H14O/c1-6-7(2)9(4)10(5-11)8(6)3/h5-6H,1-4H3. The molecular formula is C10H14O. The maximum atomic E-state index is 10.6. The molecule has 0 radical (unpaired) electrons. The summed E-state index contributed by atoms with van der Waals surface area (Å²) in [6, 6.07) is 0. The molecule has 1 heteroatoms. The van der Waals surface area contributed by atoms with Crippen LogP contribution in [0.25, 0.3) is 0 Å². The van der Waals surface area contributed by atoms with Crippen molar-refractivity contribution < 1.29 is 4.79 Å². The number of aldehydes is 1. The lowest BCUT2D eigenvalue weighted by molar-refractivity contribution is -0.104. The molecule has 0 aromatic rings. The minimum absolute atomic E-state index is 0.468. The second kappa shape index (κ2) is 2.65. The Morgan fingerprint density at radius 2 is 1.73 bits per heavy atom. The van der Waals surface area contributed by atoms with Gasteiger partial charge in [-0.2, -0.15) is 0 Å². The number of hydrogen-bond donors (Lipinski definition) is 0. The summed E-state index contributed by atoms with van der Waals surface area (Å²) in [6.07, 6.45) is 0.970. The molecule has 1 rings (SSSR count). The Kier molecular flexibility index (Phi) is 1.99. The number of allylic oxidation sites excluding steroid dienone is 4. The lowest BCUT2D eigenvalue weighted by Gasteiger charge is -2.05. The van der Waals surface area contributed by atoms with Crippen molar-refractivity contribution in [1.82, 2.24) is 0 Å². The van der Waals surface area contributed by atoms with Crippen molar-refractivity contribution >= 4 is 6.29 Å². The third kappa shape index (κ3) is 1.05. The van der Waals surface area contributed by atoms with E-state index < -0.39 is 0 Å². The van der Waals surface area contributed by atoms with Gasteiger partial charge in [0.25, 0.3) is 0 Å². The summed E-state index contributed by atoms with van der Waals surface area (Å²) >= 11 is 0. The third-order valence-corrected chi connectivity index (χ3v) is 2.84. The van der Waals surface area contributed by atoms with E-state index in [9.17, 15) is 4.79 Å². The largest absolute Gasteiger partial charge is 0.298 e. The predicted molar refractivity (Wildman–Crippen MR) is 46.3 cm³/mol. The molecule has 0 N–H and O–H groups in total. The molecule has 0 spiro atoms. The van der Waals surface area contributed by atoms with E-state index >= 15 is 0 Å². The fourth-order valence-corrected chi connectivity index (χ4v) is 1.57. The van der Waals surface area contributed by atoms with E-state index in [2.05, 4.69) is 13.8 Å². The Hall–Kier alpha value is -0.850. The molecule has 11 heavy (non-hydrogen) atoms. The molecule has 0 amide bonds. The number of hydrogen-bond acceptors (Lipinski definition) is 1. The first-order valence-corrected chi connectivity index (χ1v) is 3.93. The highest BCUT2D eigenvalue weighted by Gasteiger charge is 2.21. The number of carbonyl (C=O) groups is 1. The van der Waals surface area contributed by atoms with Crippen LogP contribution in [0, 0.1) is 5.92 Å². The number of carbonyl (C=O) groups excluding carboxylic acids is 1. The van der Waals surface area contributed by atoms with Gasteiger partial charge >= 0.3 is 0 Å². The van der Waals surface area contributed by atoms with Gasteiger partial charge in [0.05, 0.1) is 0 Å². The number of rotatable bonds is 1. The molecule has 0 aromatic heterocycles. The Morgan fingerprint density at radius 1 is 1.18 bits per heavy atom. The fourth-order valence-electron chi connectivity index (χ4n) is 1.57. The van der Waals surface area contributed by atoms with Crippen LogP contribution < -0.4 is 0 Å². The van der Waals surface area contributed by atoms with Gasteiger partial charge in [0.15, 0.2) is 0 Å². The monoisotopic (exact) mass is 150 g/mol. The summed E-state index contributed by atoms with van der Waals surface area (Å²) in [5.41, 5.74) is 4.64. The zero-order valence-corrected chi connectivity index (χ0v) is 7.56. The van der Waals surface area contributed by atoms with Gasteiger partial charge in [-0.3, -0.25) is 4.79 Å². The zero-order chi connectivity index (χ0) is 8.59. The molecular weight excluding hydrogens is 136 g/mol. The highest BCUT2D eigenvalue weighted by atomic mass is 16.1. The van der Waals surface area contributed by atoms with Gasteiger partial charge in [-0.25, -0.2) is 0 Å². The van der Waals surface area contributed by atoms with Gasteiger partial charge in [0.1, 0.15) is 6.29 Å². The van der Waals surface area contributed by atoms with Crippen molar-refractivity contribution in [3.8, 4) is 0 Å². The lowest BCUT2D eigenvalue weighted by atomic mass is 10.00. The zero-order valence-electron chi connectivity index (χ0n) is 7.56. The summed E-state index contributed by atoms with van der Waals surface area (Å²) < 4.78 is 0. The smallest absolute Gasteiger partial charge is 0.150 e. The summed E-state index contributed by atoms with van der Waals surface area (Å²) in [7, 11) is 0. The summed E-state index contributed by atoms with van der Waals surface area (Å²) in [5, 5.41) is 0. The minimum atomic E-state index is 0.468. The maximum Gasteiger partial charge on any atom is 0.150 e. The van der Waals surface area contributed by atoms with E-state index in [-0.39, 0.29) is 0 Å². The second-order valence-electron chi connectivity index (χ2n) is 3.24. The maximum absolute atomic E-state index is 10.6. The molecule has 0 bridgehead atoms. The van der Waals surface area contributed by atoms with E-state index in [0.717, 1.165) is 11.9 Å². The molecule has 60 valence electrons. The van der Waals surface area contributed by atoms with Crippen molar-refractivity contribution in [2.24, 2.45) is 5.92 Å². The van der Waals surface area contributed by atoms with Gasteiger partial charge < -0.3 is 0 Å². The van der Waals surface area contributed by atoms with Crippen LogP contribution in [0.2, 0.25) is 0 Å². The Balaban J connectivity index is 3.17. The third-order valence-electron chi connectivity index (χ3n) is 2.84. The van der Waals surface area contributed by atoms with Crippen LogP contribution in [0.15, 0.2) is 22.3 Å². The molecule has 1 aliphatic carbocycles. The first kappa shape index (κ1) is 8.25. The molecule has 1 nitrogen and oxygen atoms in total. The molecule has 1 atom stereocenters. The normalized spacial score (nSPS) is 24.9. The Morgan fingerprint density at radius 3 is 1.91 bits per heavy atom. The first-order valence-electron chi connectivity index (χ1n) is 3.93. The van der Waals surface area contributed by atoms with Gasteiger partial charge in [0.2, 0.25) is 0 Å². The molecule has 1 unspecified atom stereocenters.